The summed E-state index contributed by atoms with van der Waals surface area (Å²) in [5, 5.41) is 0. The Bertz CT molecular complexity index is 811. The van der Waals surface area contributed by atoms with Gasteiger partial charge in [0.15, 0.2) is 5.78 Å². The molecule has 26 heavy (non-hydrogen) atoms. The molecule has 1 aromatic rings. The van der Waals surface area contributed by atoms with Crippen molar-refractivity contribution in [2.45, 2.75) is 38.9 Å². The number of urea groups is 1. The van der Waals surface area contributed by atoms with Gasteiger partial charge in [0.1, 0.15) is 0 Å². The first-order valence-corrected chi connectivity index (χ1v) is 8.37. The molecular weight excluding hydrogens is 345 g/mol. The number of rotatable bonds is 1. The second kappa shape index (κ2) is 5.86. The van der Waals surface area contributed by atoms with Crippen molar-refractivity contribution in [1.82, 2.24) is 9.80 Å². The zero-order valence-electron chi connectivity index (χ0n) is 15.1. The number of benzene rings is 1. The fourth-order valence-electron chi connectivity index (χ4n) is 3.93. The number of halogens is 3. The maximum absolute atomic E-state index is 13.5. The van der Waals surface area contributed by atoms with Crippen molar-refractivity contribution in [3.63, 3.8) is 0 Å². The minimum Gasteiger partial charge on any atom is -0.316 e. The molecule has 0 radical (unpaired) electrons. The molecule has 2 amide bonds. The number of Topliss-reactive ketones (excluding diaryl/α,β-unsaturated/α-hetero) is 1. The van der Waals surface area contributed by atoms with Gasteiger partial charge in [-0.05, 0) is 23.5 Å². The van der Waals surface area contributed by atoms with Gasteiger partial charge in [0.2, 0.25) is 0 Å². The van der Waals surface area contributed by atoms with Crippen LogP contribution in [-0.2, 0) is 11.0 Å². The Morgan fingerprint density at radius 2 is 1.69 bits per heavy atom. The van der Waals surface area contributed by atoms with Crippen molar-refractivity contribution in [3.8, 4) is 0 Å². The summed E-state index contributed by atoms with van der Waals surface area (Å²) in [6.07, 6.45) is -3.86. The van der Waals surface area contributed by atoms with E-state index < -0.39 is 23.8 Å². The number of allylic oxidation sites excluding steroid dienone is 1. The van der Waals surface area contributed by atoms with E-state index in [-0.39, 0.29) is 23.2 Å². The standard InChI is InChI=1S/C19H21F3N2O2/c1-18(2)9-13-15(14(25)10-18)16(24(4)17(26)23(13)3)11-7-5-6-8-12(11)19(20,21)22/h5-8,16H,9-10H2,1-4H3. The first-order valence-electron chi connectivity index (χ1n) is 8.37. The number of likely N-dealkylation sites (N-methyl/N-ethyl adjacent to an activating group) is 1. The van der Waals surface area contributed by atoms with Gasteiger partial charge in [0.05, 0.1) is 11.6 Å². The van der Waals surface area contributed by atoms with Gasteiger partial charge in [0.25, 0.3) is 0 Å². The highest BCUT2D eigenvalue weighted by Crippen LogP contribution is 2.48. The van der Waals surface area contributed by atoms with E-state index in [4.69, 9.17) is 0 Å². The summed E-state index contributed by atoms with van der Waals surface area (Å²) in [5.41, 5.74) is -0.404. The number of amides is 2. The van der Waals surface area contributed by atoms with E-state index in [0.29, 0.717) is 17.7 Å². The van der Waals surface area contributed by atoms with Crippen LogP contribution in [0.1, 0.15) is 43.9 Å². The zero-order valence-corrected chi connectivity index (χ0v) is 15.1. The molecule has 1 aliphatic heterocycles. The van der Waals surface area contributed by atoms with Gasteiger partial charge >= 0.3 is 12.2 Å². The summed E-state index contributed by atoms with van der Waals surface area (Å²) in [6, 6.07) is 3.69. The van der Waals surface area contributed by atoms with Gasteiger partial charge in [-0.2, -0.15) is 13.2 Å². The van der Waals surface area contributed by atoms with Gasteiger partial charge in [-0.15, -0.1) is 0 Å². The molecule has 0 bridgehead atoms. The van der Waals surface area contributed by atoms with Crippen molar-refractivity contribution in [2.75, 3.05) is 14.1 Å². The van der Waals surface area contributed by atoms with Crippen molar-refractivity contribution in [2.24, 2.45) is 5.41 Å². The minimum absolute atomic E-state index is 0.0653. The van der Waals surface area contributed by atoms with E-state index in [1.165, 1.54) is 35.0 Å². The predicted molar refractivity (Wildman–Crippen MR) is 90.2 cm³/mol. The van der Waals surface area contributed by atoms with Crippen LogP contribution in [0.25, 0.3) is 0 Å². The van der Waals surface area contributed by atoms with E-state index >= 15 is 0 Å². The molecular formula is C19H21F3N2O2. The lowest BCUT2D eigenvalue weighted by Crippen LogP contribution is -2.50. The smallest absolute Gasteiger partial charge is 0.316 e. The summed E-state index contributed by atoms with van der Waals surface area (Å²) in [7, 11) is 3.00. The lowest BCUT2D eigenvalue weighted by molar-refractivity contribution is -0.138. The van der Waals surface area contributed by atoms with Crippen molar-refractivity contribution >= 4 is 11.8 Å². The van der Waals surface area contributed by atoms with Crippen LogP contribution in [0.15, 0.2) is 35.5 Å². The molecule has 0 saturated carbocycles. The Morgan fingerprint density at radius 1 is 1.08 bits per heavy atom. The lowest BCUT2D eigenvalue weighted by atomic mass is 9.72. The van der Waals surface area contributed by atoms with Crippen molar-refractivity contribution in [1.29, 1.82) is 0 Å². The van der Waals surface area contributed by atoms with Crippen molar-refractivity contribution in [3.05, 3.63) is 46.7 Å². The van der Waals surface area contributed by atoms with Gasteiger partial charge in [-0.25, -0.2) is 4.79 Å². The molecule has 0 aromatic heterocycles. The largest absolute Gasteiger partial charge is 0.416 e. The van der Waals surface area contributed by atoms with Crippen LogP contribution in [0, 0.1) is 5.41 Å². The topological polar surface area (TPSA) is 40.6 Å². The lowest BCUT2D eigenvalue weighted by Gasteiger charge is -2.46. The molecule has 1 aliphatic carbocycles. The molecule has 0 spiro atoms. The number of carbonyl (C=O) groups excluding carboxylic acids is 2. The third kappa shape index (κ3) is 2.89. The molecule has 1 aromatic carbocycles. The van der Waals surface area contributed by atoms with Crippen LogP contribution >= 0.6 is 0 Å². The third-order valence-corrected chi connectivity index (χ3v) is 5.11. The maximum atomic E-state index is 13.5. The number of carbonyl (C=O) groups is 2. The highest BCUT2D eigenvalue weighted by atomic mass is 19.4. The molecule has 3 rings (SSSR count). The summed E-state index contributed by atoms with van der Waals surface area (Å²) in [6.45, 7) is 3.84. The second-order valence-electron chi connectivity index (χ2n) is 7.74. The summed E-state index contributed by atoms with van der Waals surface area (Å²) in [4.78, 5) is 28.2. The fraction of sp³-hybridized carbons (Fsp3) is 0.474. The Balaban J connectivity index is 2.26. The number of hydrogen-bond donors (Lipinski definition) is 0. The maximum Gasteiger partial charge on any atom is 0.416 e. The predicted octanol–water partition coefficient (Wildman–Crippen LogP) is 4.39. The highest BCUT2D eigenvalue weighted by Gasteiger charge is 2.47. The molecule has 2 aliphatic rings. The molecule has 1 unspecified atom stereocenters. The average Bonchev–Trinajstić information content (AvgIpc) is 2.52. The molecule has 140 valence electrons. The molecule has 1 heterocycles. The second-order valence-corrected chi connectivity index (χ2v) is 7.74. The SMILES string of the molecule is CN1C(=O)N(C)C(c2ccccc2C(F)(F)F)C2=C1CC(C)(C)CC2=O. The highest BCUT2D eigenvalue weighted by molar-refractivity contribution is 6.01. The third-order valence-electron chi connectivity index (χ3n) is 5.11. The Hall–Kier alpha value is -2.31. The Labute approximate surface area is 150 Å². The van der Waals surface area contributed by atoms with Gasteiger partial charge in [-0.3, -0.25) is 4.79 Å². The quantitative estimate of drug-likeness (QED) is 0.740. The number of nitrogens with zero attached hydrogens (tertiary/aromatic N) is 2. The van der Waals surface area contributed by atoms with Gasteiger partial charge < -0.3 is 9.80 Å². The average molecular weight is 366 g/mol. The van der Waals surface area contributed by atoms with Gasteiger partial charge in [-0.1, -0.05) is 32.0 Å². The summed E-state index contributed by atoms with van der Waals surface area (Å²) < 4.78 is 40.6. The van der Waals surface area contributed by atoms with Crippen LogP contribution < -0.4 is 0 Å². The first-order chi connectivity index (χ1) is 11.9. The number of ketones is 1. The van der Waals surface area contributed by atoms with Crippen molar-refractivity contribution < 1.29 is 22.8 Å². The van der Waals surface area contributed by atoms with Crippen LogP contribution in [0.4, 0.5) is 18.0 Å². The molecule has 0 saturated heterocycles. The van der Waals surface area contributed by atoms with E-state index in [0.717, 1.165) is 6.07 Å². The van der Waals surface area contributed by atoms with E-state index in [9.17, 15) is 22.8 Å². The Morgan fingerprint density at radius 3 is 2.31 bits per heavy atom. The normalized spacial score (nSPS) is 23.4. The number of hydrogen-bond acceptors (Lipinski definition) is 2. The van der Waals surface area contributed by atoms with E-state index in [1.54, 1.807) is 7.05 Å². The van der Waals surface area contributed by atoms with Crippen LogP contribution in [-0.4, -0.2) is 35.7 Å². The molecule has 7 heteroatoms. The number of alkyl halides is 3. The Kier molecular flexibility index (Phi) is 4.16. The van der Waals surface area contributed by atoms with E-state index in [1.807, 2.05) is 13.8 Å². The van der Waals surface area contributed by atoms with Crippen LogP contribution in [0.3, 0.4) is 0 Å². The monoisotopic (exact) mass is 366 g/mol. The van der Waals surface area contributed by atoms with Crippen LogP contribution in [0.2, 0.25) is 0 Å². The molecule has 0 fully saturated rings. The summed E-state index contributed by atoms with van der Waals surface area (Å²) >= 11 is 0. The molecule has 1 atom stereocenters. The zero-order chi connectivity index (χ0) is 19.4. The fourth-order valence-corrected chi connectivity index (χ4v) is 3.93. The van der Waals surface area contributed by atoms with Crippen LogP contribution in [0.5, 0.6) is 0 Å². The summed E-state index contributed by atoms with van der Waals surface area (Å²) in [5.74, 6) is -0.204. The first kappa shape index (κ1) is 18.5. The minimum atomic E-state index is -4.57. The molecule has 4 nitrogen and oxygen atoms in total. The molecule has 0 N–H and O–H groups in total. The van der Waals surface area contributed by atoms with E-state index in [2.05, 4.69) is 0 Å². The van der Waals surface area contributed by atoms with Gasteiger partial charge in [0, 0.05) is 31.8 Å².